The fraction of sp³-hybridized carbons (Fsp3) is 0.294. The summed E-state index contributed by atoms with van der Waals surface area (Å²) in [6, 6.07) is 9.97. The SMILES string of the molecule is CCN(C)c1cc(CNC(=O)CNc2ccccc2[N+](=O)[O-])ccn1. The minimum absolute atomic E-state index is 0.0440. The molecule has 0 spiro atoms. The van der Waals surface area contributed by atoms with Gasteiger partial charge in [-0.25, -0.2) is 4.98 Å². The number of nitro groups is 1. The summed E-state index contributed by atoms with van der Waals surface area (Å²) in [5, 5.41) is 16.5. The van der Waals surface area contributed by atoms with E-state index in [2.05, 4.69) is 15.6 Å². The molecule has 25 heavy (non-hydrogen) atoms. The quantitative estimate of drug-likeness (QED) is 0.563. The third-order valence-corrected chi connectivity index (χ3v) is 3.71. The molecule has 8 heteroatoms. The highest BCUT2D eigenvalue weighted by atomic mass is 16.6. The van der Waals surface area contributed by atoms with Gasteiger partial charge in [0, 0.05) is 32.4 Å². The molecule has 132 valence electrons. The molecule has 2 aromatic rings. The van der Waals surface area contributed by atoms with Gasteiger partial charge in [0.1, 0.15) is 11.5 Å². The summed E-state index contributed by atoms with van der Waals surface area (Å²) in [5.74, 6) is 0.590. The maximum Gasteiger partial charge on any atom is 0.292 e. The molecule has 2 N–H and O–H groups in total. The highest BCUT2D eigenvalue weighted by Gasteiger charge is 2.12. The van der Waals surface area contributed by atoms with Crippen LogP contribution in [0.4, 0.5) is 17.2 Å². The van der Waals surface area contributed by atoms with Gasteiger partial charge < -0.3 is 15.5 Å². The van der Waals surface area contributed by atoms with Crippen LogP contribution in [0.1, 0.15) is 12.5 Å². The van der Waals surface area contributed by atoms with Crippen molar-refractivity contribution < 1.29 is 9.72 Å². The first-order valence-electron chi connectivity index (χ1n) is 7.91. The van der Waals surface area contributed by atoms with Crippen molar-refractivity contribution in [2.45, 2.75) is 13.5 Å². The molecule has 0 radical (unpaired) electrons. The number of anilines is 2. The van der Waals surface area contributed by atoms with Gasteiger partial charge in [0.2, 0.25) is 5.91 Å². The zero-order chi connectivity index (χ0) is 18.2. The van der Waals surface area contributed by atoms with Crippen LogP contribution in [0, 0.1) is 10.1 Å². The topological polar surface area (TPSA) is 100 Å². The first-order valence-corrected chi connectivity index (χ1v) is 7.91. The summed E-state index contributed by atoms with van der Waals surface area (Å²) in [7, 11) is 1.95. The maximum atomic E-state index is 12.0. The van der Waals surface area contributed by atoms with Gasteiger partial charge in [-0.15, -0.1) is 0 Å². The molecule has 0 aliphatic rings. The molecular formula is C17H21N5O3. The second-order valence-electron chi connectivity index (χ2n) is 5.44. The number of carbonyl (C=O) groups is 1. The molecule has 1 aromatic carbocycles. The van der Waals surface area contributed by atoms with Crippen LogP contribution in [0.3, 0.4) is 0 Å². The largest absolute Gasteiger partial charge is 0.371 e. The average Bonchev–Trinajstić information content (AvgIpc) is 2.64. The van der Waals surface area contributed by atoms with Crippen molar-refractivity contribution in [3.8, 4) is 0 Å². The number of rotatable bonds is 8. The fourth-order valence-electron chi connectivity index (χ4n) is 2.16. The van der Waals surface area contributed by atoms with Gasteiger partial charge in [-0.2, -0.15) is 0 Å². The molecular weight excluding hydrogens is 322 g/mol. The number of aromatic nitrogens is 1. The van der Waals surface area contributed by atoms with Crippen LogP contribution in [0.25, 0.3) is 0 Å². The zero-order valence-corrected chi connectivity index (χ0v) is 14.2. The van der Waals surface area contributed by atoms with Gasteiger partial charge >= 0.3 is 0 Å². The van der Waals surface area contributed by atoms with E-state index in [-0.39, 0.29) is 18.1 Å². The van der Waals surface area contributed by atoms with Gasteiger partial charge in [-0.1, -0.05) is 12.1 Å². The van der Waals surface area contributed by atoms with Crippen LogP contribution in [-0.4, -0.2) is 36.0 Å². The monoisotopic (exact) mass is 343 g/mol. The molecule has 2 rings (SSSR count). The Morgan fingerprint density at radius 3 is 2.80 bits per heavy atom. The number of nitrogens with one attached hydrogen (secondary N) is 2. The predicted octanol–water partition coefficient (Wildman–Crippen LogP) is 2.17. The molecule has 0 saturated heterocycles. The van der Waals surface area contributed by atoms with E-state index >= 15 is 0 Å². The van der Waals surface area contributed by atoms with Crippen LogP contribution >= 0.6 is 0 Å². The van der Waals surface area contributed by atoms with E-state index < -0.39 is 4.92 Å². The molecule has 8 nitrogen and oxygen atoms in total. The van der Waals surface area contributed by atoms with Crippen molar-refractivity contribution in [3.05, 3.63) is 58.3 Å². The third-order valence-electron chi connectivity index (χ3n) is 3.71. The van der Waals surface area contributed by atoms with Gasteiger partial charge in [-0.05, 0) is 30.7 Å². The van der Waals surface area contributed by atoms with E-state index in [9.17, 15) is 14.9 Å². The second kappa shape index (κ2) is 8.62. The number of hydrogen-bond acceptors (Lipinski definition) is 6. The first-order chi connectivity index (χ1) is 12.0. The number of benzene rings is 1. The van der Waals surface area contributed by atoms with E-state index in [0.29, 0.717) is 12.2 Å². The first kappa shape index (κ1) is 18.2. The lowest BCUT2D eigenvalue weighted by Gasteiger charge is -2.16. The van der Waals surface area contributed by atoms with Crippen molar-refractivity contribution in [2.75, 3.05) is 30.4 Å². The maximum absolute atomic E-state index is 12.0. The Bertz CT molecular complexity index is 751. The minimum atomic E-state index is -0.483. The molecule has 1 aromatic heterocycles. The number of pyridine rings is 1. The molecule has 0 bridgehead atoms. The van der Waals surface area contributed by atoms with Crippen molar-refractivity contribution >= 4 is 23.1 Å². The summed E-state index contributed by atoms with van der Waals surface area (Å²) in [4.78, 5) is 28.7. The smallest absolute Gasteiger partial charge is 0.292 e. The fourth-order valence-corrected chi connectivity index (χ4v) is 2.16. The van der Waals surface area contributed by atoms with Crippen LogP contribution in [0.5, 0.6) is 0 Å². The Labute approximate surface area is 146 Å². The van der Waals surface area contributed by atoms with Gasteiger partial charge in [0.05, 0.1) is 11.5 Å². The van der Waals surface area contributed by atoms with E-state index in [1.54, 1.807) is 24.4 Å². The molecule has 0 unspecified atom stereocenters. The number of nitro benzene ring substituents is 1. The number of carbonyl (C=O) groups excluding carboxylic acids is 1. The van der Waals surface area contributed by atoms with Crippen LogP contribution in [0.2, 0.25) is 0 Å². The lowest BCUT2D eigenvalue weighted by Crippen LogP contribution is -2.29. The Hall–Kier alpha value is -3.16. The molecule has 0 atom stereocenters. The normalized spacial score (nSPS) is 10.2. The highest BCUT2D eigenvalue weighted by molar-refractivity contribution is 5.81. The highest BCUT2D eigenvalue weighted by Crippen LogP contribution is 2.22. The Balaban J connectivity index is 1.88. The molecule has 0 fully saturated rings. The summed E-state index contributed by atoms with van der Waals surface area (Å²) in [6.07, 6.45) is 1.70. The zero-order valence-electron chi connectivity index (χ0n) is 14.2. The molecule has 1 heterocycles. The standard InChI is InChI=1S/C17H21N5O3/c1-3-21(2)16-10-13(8-9-18-16)11-20-17(23)12-19-14-6-4-5-7-15(14)22(24)25/h4-10,19H,3,11-12H2,1-2H3,(H,20,23). The summed E-state index contributed by atoms with van der Waals surface area (Å²) in [6.45, 7) is 3.19. The van der Waals surface area contributed by atoms with Crippen LogP contribution < -0.4 is 15.5 Å². The number of nitrogens with zero attached hydrogens (tertiary/aromatic N) is 3. The van der Waals surface area contributed by atoms with Crippen molar-refractivity contribution in [1.82, 2.24) is 10.3 Å². The van der Waals surface area contributed by atoms with E-state index in [1.165, 1.54) is 6.07 Å². The summed E-state index contributed by atoms with van der Waals surface area (Å²) < 4.78 is 0. The third kappa shape index (κ3) is 5.17. The van der Waals surface area contributed by atoms with Gasteiger partial charge in [0.15, 0.2) is 0 Å². The van der Waals surface area contributed by atoms with Gasteiger partial charge in [0.25, 0.3) is 5.69 Å². The molecule has 1 amide bonds. The second-order valence-corrected chi connectivity index (χ2v) is 5.44. The van der Waals surface area contributed by atoms with Crippen molar-refractivity contribution in [2.24, 2.45) is 0 Å². The van der Waals surface area contributed by atoms with E-state index in [4.69, 9.17) is 0 Å². The molecule has 0 aliphatic carbocycles. The summed E-state index contributed by atoms with van der Waals surface area (Å²) in [5.41, 5.74) is 1.19. The molecule has 0 aliphatic heterocycles. The Morgan fingerprint density at radius 2 is 2.08 bits per heavy atom. The van der Waals surface area contributed by atoms with Crippen molar-refractivity contribution in [3.63, 3.8) is 0 Å². The molecule has 0 saturated carbocycles. The minimum Gasteiger partial charge on any atom is -0.371 e. The van der Waals surface area contributed by atoms with Crippen LogP contribution in [-0.2, 0) is 11.3 Å². The van der Waals surface area contributed by atoms with E-state index in [1.807, 2.05) is 31.0 Å². The van der Waals surface area contributed by atoms with E-state index in [0.717, 1.165) is 17.9 Å². The Kier molecular flexibility index (Phi) is 6.27. The number of hydrogen-bond donors (Lipinski definition) is 2. The van der Waals surface area contributed by atoms with Gasteiger partial charge in [-0.3, -0.25) is 14.9 Å². The predicted molar refractivity (Wildman–Crippen MR) is 96.6 cm³/mol. The van der Waals surface area contributed by atoms with Crippen molar-refractivity contribution in [1.29, 1.82) is 0 Å². The van der Waals surface area contributed by atoms with Crippen LogP contribution in [0.15, 0.2) is 42.6 Å². The number of amides is 1. The number of para-hydroxylation sites is 2. The lowest BCUT2D eigenvalue weighted by atomic mass is 10.2. The average molecular weight is 343 g/mol. The summed E-state index contributed by atoms with van der Waals surface area (Å²) >= 11 is 0. The Morgan fingerprint density at radius 1 is 1.32 bits per heavy atom. The lowest BCUT2D eigenvalue weighted by molar-refractivity contribution is -0.383.